The summed E-state index contributed by atoms with van der Waals surface area (Å²) in [6.45, 7) is 6.02. The summed E-state index contributed by atoms with van der Waals surface area (Å²) in [5.41, 5.74) is 0.206. The molecule has 0 N–H and O–H groups in total. The average Bonchev–Trinajstić information content (AvgIpc) is 2.31. The van der Waals surface area contributed by atoms with Crippen molar-refractivity contribution in [2.24, 2.45) is 0 Å². The van der Waals surface area contributed by atoms with E-state index >= 15 is 0 Å². The van der Waals surface area contributed by atoms with Gasteiger partial charge in [0.2, 0.25) is 5.76 Å². The number of halogens is 2. The molecular formula is C8H9F2NO. The highest BCUT2D eigenvalue weighted by Gasteiger charge is 2.34. The number of rotatable bonds is 2. The minimum atomic E-state index is -3.12. The van der Waals surface area contributed by atoms with Crippen molar-refractivity contribution in [1.82, 2.24) is 4.98 Å². The lowest BCUT2D eigenvalue weighted by molar-refractivity contribution is 0.0264. The van der Waals surface area contributed by atoms with Crippen LogP contribution in [0.25, 0.3) is 0 Å². The predicted molar refractivity (Wildman–Crippen MR) is 40.1 cm³/mol. The number of hydrogen-bond donors (Lipinski definition) is 0. The van der Waals surface area contributed by atoms with Gasteiger partial charge in [0, 0.05) is 6.92 Å². The molecule has 0 saturated heterocycles. The summed E-state index contributed by atoms with van der Waals surface area (Å²) >= 11 is 0. The van der Waals surface area contributed by atoms with Gasteiger partial charge in [-0.05, 0) is 13.0 Å². The molecule has 0 atom stereocenters. The lowest BCUT2D eigenvalue weighted by Gasteiger charge is -2.06. The van der Waals surface area contributed by atoms with Crippen LogP contribution in [0.5, 0.6) is 0 Å². The first-order valence-electron chi connectivity index (χ1n) is 3.43. The highest BCUT2D eigenvalue weighted by molar-refractivity contribution is 5.17. The van der Waals surface area contributed by atoms with Crippen LogP contribution < -0.4 is 0 Å². The summed E-state index contributed by atoms with van der Waals surface area (Å²) < 4.78 is 30.6. The minimum Gasteiger partial charge on any atom is -0.439 e. The quantitative estimate of drug-likeness (QED) is 0.642. The van der Waals surface area contributed by atoms with Crippen molar-refractivity contribution in [3.8, 4) is 0 Å². The molecule has 0 spiro atoms. The molecule has 1 heterocycles. The molecule has 2 nitrogen and oxygen atoms in total. The normalized spacial score (nSPS) is 11.7. The molecule has 0 aromatic carbocycles. The molecule has 1 aromatic rings. The summed E-state index contributed by atoms with van der Waals surface area (Å²) in [6, 6.07) is 0. The third-order valence-electron chi connectivity index (χ3n) is 1.46. The van der Waals surface area contributed by atoms with E-state index in [0.29, 0.717) is 6.08 Å². The van der Waals surface area contributed by atoms with Crippen molar-refractivity contribution in [3.63, 3.8) is 0 Å². The predicted octanol–water partition coefficient (Wildman–Crippen LogP) is 2.57. The highest BCUT2D eigenvalue weighted by atomic mass is 19.3. The van der Waals surface area contributed by atoms with E-state index in [1.54, 1.807) is 0 Å². The molecule has 0 aliphatic rings. The first-order valence-corrected chi connectivity index (χ1v) is 3.43. The monoisotopic (exact) mass is 173 g/mol. The van der Waals surface area contributed by atoms with E-state index in [2.05, 4.69) is 11.6 Å². The number of aryl methyl sites for hydroxylation is 2. The van der Waals surface area contributed by atoms with Crippen LogP contribution in [0.1, 0.15) is 17.3 Å². The van der Waals surface area contributed by atoms with Crippen molar-refractivity contribution < 1.29 is 13.2 Å². The summed E-state index contributed by atoms with van der Waals surface area (Å²) in [6.07, 6.45) is 0.542. The fourth-order valence-electron chi connectivity index (χ4n) is 0.933. The zero-order valence-electron chi connectivity index (χ0n) is 6.90. The van der Waals surface area contributed by atoms with E-state index in [9.17, 15) is 8.78 Å². The molecule has 66 valence electrons. The summed E-state index contributed by atoms with van der Waals surface area (Å²) in [5, 5.41) is 0. The lowest BCUT2D eigenvalue weighted by atomic mass is 10.2. The smallest absolute Gasteiger partial charge is 0.324 e. The molecule has 12 heavy (non-hydrogen) atoms. The Hall–Kier alpha value is -1.19. The Morgan fingerprint density at radius 1 is 1.50 bits per heavy atom. The Bertz CT molecular complexity index is 304. The topological polar surface area (TPSA) is 26.0 Å². The summed E-state index contributed by atoms with van der Waals surface area (Å²) in [5.74, 6) is -3.30. The van der Waals surface area contributed by atoms with Gasteiger partial charge in [0.15, 0.2) is 5.89 Å². The Kier molecular flexibility index (Phi) is 2.00. The number of nitrogens with zero attached hydrogens (tertiary/aromatic N) is 1. The largest absolute Gasteiger partial charge is 0.439 e. The first-order chi connectivity index (χ1) is 5.47. The standard InChI is InChI=1S/C8H9F2NO/c1-4-8(9,10)7-5(2)11-6(3)12-7/h4H,1H2,2-3H3. The third-order valence-corrected chi connectivity index (χ3v) is 1.46. The fourth-order valence-corrected chi connectivity index (χ4v) is 0.933. The van der Waals surface area contributed by atoms with Gasteiger partial charge in [-0.25, -0.2) is 4.98 Å². The Balaban J connectivity index is 3.18. The van der Waals surface area contributed by atoms with Gasteiger partial charge < -0.3 is 4.42 Å². The Labute approximate surface area is 68.9 Å². The molecule has 0 bridgehead atoms. The fraction of sp³-hybridized carbons (Fsp3) is 0.375. The molecule has 0 aliphatic heterocycles. The number of alkyl halides is 2. The van der Waals surface area contributed by atoms with E-state index in [1.807, 2.05) is 0 Å². The maximum Gasteiger partial charge on any atom is 0.324 e. The molecule has 1 aromatic heterocycles. The van der Waals surface area contributed by atoms with Gasteiger partial charge in [-0.1, -0.05) is 6.58 Å². The van der Waals surface area contributed by atoms with Gasteiger partial charge in [0.25, 0.3) is 0 Å². The molecule has 1 rings (SSSR count). The molecule has 0 amide bonds. The second-order valence-corrected chi connectivity index (χ2v) is 2.47. The average molecular weight is 173 g/mol. The van der Waals surface area contributed by atoms with Crippen molar-refractivity contribution >= 4 is 0 Å². The third kappa shape index (κ3) is 1.37. The maximum absolute atomic E-state index is 12.9. The second kappa shape index (κ2) is 2.69. The summed E-state index contributed by atoms with van der Waals surface area (Å²) in [7, 11) is 0. The van der Waals surface area contributed by atoms with E-state index < -0.39 is 11.7 Å². The van der Waals surface area contributed by atoms with E-state index in [1.165, 1.54) is 13.8 Å². The Morgan fingerprint density at radius 3 is 2.42 bits per heavy atom. The van der Waals surface area contributed by atoms with Crippen LogP contribution in [-0.4, -0.2) is 4.98 Å². The van der Waals surface area contributed by atoms with E-state index in [4.69, 9.17) is 4.42 Å². The maximum atomic E-state index is 12.9. The van der Waals surface area contributed by atoms with E-state index in [0.717, 1.165) is 0 Å². The second-order valence-electron chi connectivity index (χ2n) is 2.47. The van der Waals surface area contributed by atoms with Crippen LogP contribution in [0.3, 0.4) is 0 Å². The SMILES string of the molecule is C=CC(F)(F)c1oc(C)nc1C. The summed E-state index contributed by atoms with van der Waals surface area (Å²) in [4.78, 5) is 3.73. The van der Waals surface area contributed by atoms with Gasteiger partial charge in [0.1, 0.15) is 0 Å². The van der Waals surface area contributed by atoms with Crippen molar-refractivity contribution in [2.75, 3.05) is 0 Å². The van der Waals surface area contributed by atoms with Crippen LogP contribution in [-0.2, 0) is 5.92 Å². The van der Waals surface area contributed by atoms with Gasteiger partial charge in [-0.2, -0.15) is 8.78 Å². The number of allylic oxidation sites excluding steroid dienone is 1. The zero-order valence-corrected chi connectivity index (χ0v) is 6.90. The van der Waals surface area contributed by atoms with Gasteiger partial charge in [-0.3, -0.25) is 0 Å². The highest BCUT2D eigenvalue weighted by Crippen LogP contribution is 2.31. The molecule has 0 saturated carbocycles. The zero-order chi connectivity index (χ0) is 9.35. The lowest BCUT2D eigenvalue weighted by Crippen LogP contribution is -2.08. The van der Waals surface area contributed by atoms with E-state index in [-0.39, 0.29) is 11.6 Å². The number of aromatic nitrogens is 1. The number of oxazole rings is 1. The minimum absolute atomic E-state index is 0.206. The van der Waals surface area contributed by atoms with Crippen molar-refractivity contribution in [2.45, 2.75) is 19.8 Å². The van der Waals surface area contributed by atoms with Crippen molar-refractivity contribution in [3.05, 3.63) is 30.0 Å². The van der Waals surface area contributed by atoms with Crippen LogP contribution in [0.4, 0.5) is 8.78 Å². The molecule has 4 heteroatoms. The molecule has 0 radical (unpaired) electrons. The van der Waals surface area contributed by atoms with Gasteiger partial charge in [-0.15, -0.1) is 0 Å². The van der Waals surface area contributed by atoms with Crippen LogP contribution in [0.2, 0.25) is 0 Å². The molecular weight excluding hydrogens is 164 g/mol. The van der Waals surface area contributed by atoms with Gasteiger partial charge in [0.05, 0.1) is 5.69 Å². The van der Waals surface area contributed by atoms with Crippen molar-refractivity contribution in [1.29, 1.82) is 0 Å². The molecule has 0 fully saturated rings. The van der Waals surface area contributed by atoms with Crippen LogP contribution >= 0.6 is 0 Å². The molecule has 0 aliphatic carbocycles. The molecule has 0 unspecified atom stereocenters. The van der Waals surface area contributed by atoms with Gasteiger partial charge >= 0.3 is 5.92 Å². The Morgan fingerprint density at radius 2 is 2.08 bits per heavy atom. The first kappa shape index (κ1) is 8.90. The van der Waals surface area contributed by atoms with Crippen LogP contribution in [0, 0.1) is 13.8 Å². The number of hydrogen-bond acceptors (Lipinski definition) is 2. The van der Waals surface area contributed by atoms with Crippen LogP contribution in [0.15, 0.2) is 17.1 Å².